The second-order valence-electron chi connectivity index (χ2n) is 4.84. The van der Waals surface area contributed by atoms with Gasteiger partial charge >= 0.3 is 0 Å². The highest BCUT2D eigenvalue weighted by Gasteiger charge is 2.35. The van der Waals surface area contributed by atoms with Gasteiger partial charge in [0, 0.05) is 25.0 Å². The molecule has 0 saturated heterocycles. The lowest BCUT2D eigenvalue weighted by molar-refractivity contribution is -0.126. The first-order valence-corrected chi connectivity index (χ1v) is 6.15. The lowest BCUT2D eigenvalue weighted by Crippen LogP contribution is -2.47. The van der Waals surface area contributed by atoms with Gasteiger partial charge in [0.2, 0.25) is 5.91 Å². The third kappa shape index (κ3) is 2.96. The van der Waals surface area contributed by atoms with Crippen molar-refractivity contribution in [1.29, 1.82) is 5.26 Å². The molecule has 4 nitrogen and oxygen atoms in total. The number of nitrogens with one attached hydrogen (secondary N) is 1. The van der Waals surface area contributed by atoms with E-state index in [0.717, 1.165) is 19.4 Å². The molecule has 0 aromatic rings. The van der Waals surface area contributed by atoms with Gasteiger partial charge in [-0.1, -0.05) is 0 Å². The molecule has 0 aromatic carbocycles. The molecule has 1 N–H and O–H groups in total. The van der Waals surface area contributed by atoms with Crippen molar-refractivity contribution in [2.24, 2.45) is 0 Å². The van der Waals surface area contributed by atoms with Crippen molar-refractivity contribution in [3.05, 3.63) is 0 Å². The SMILES string of the molecule is CC(C(=O)NC1CC1)N(CCC#N)C1CC1. The third-order valence-corrected chi connectivity index (χ3v) is 3.30. The fraction of sp³-hybridized carbons (Fsp3) is 0.833. The van der Waals surface area contributed by atoms with Crippen LogP contribution < -0.4 is 5.32 Å². The number of nitriles is 1. The van der Waals surface area contributed by atoms with E-state index in [-0.39, 0.29) is 11.9 Å². The van der Waals surface area contributed by atoms with E-state index in [9.17, 15) is 4.79 Å². The summed E-state index contributed by atoms with van der Waals surface area (Å²) in [5, 5.41) is 11.6. The molecule has 0 radical (unpaired) electrons. The van der Waals surface area contributed by atoms with Gasteiger partial charge in [0.15, 0.2) is 0 Å². The average Bonchev–Trinajstić information content (AvgIpc) is 3.11. The summed E-state index contributed by atoms with van der Waals surface area (Å²) in [5.74, 6) is 0.132. The van der Waals surface area contributed by atoms with Crippen molar-refractivity contribution in [1.82, 2.24) is 10.2 Å². The second-order valence-corrected chi connectivity index (χ2v) is 4.84. The number of amides is 1. The predicted molar refractivity (Wildman–Crippen MR) is 60.6 cm³/mol. The van der Waals surface area contributed by atoms with E-state index >= 15 is 0 Å². The van der Waals surface area contributed by atoms with Crippen LogP contribution in [0.2, 0.25) is 0 Å². The highest BCUT2D eigenvalue weighted by molar-refractivity contribution is 5.82. The van der Waals surface area contributed by atoms with Gasteiger partial charge in [0.05, 0.1) is 12.1 Å². The molecular weight excluding hydrogens is 202 g/mol. The van der Waals surface area contributed by atoms with E-state index in [0.29, 0.717) is 18.5 Å². The zero-order valence-electron chi connectivity index (χ0n) is 9.78. The Morgan fingerprint density at radius 2 is 2.19 bits per heavy atom. The standard InChI is InChI=1S/C12H19N3O/c1-9(12(16)14-10-3-4-10)15(8-2-7-13)11-5-6-11/h9-11H,2-6,8H2,1H3,(H,14,16). The predicted octanol–water partition coefficient (Wildman–Crippen LogP) is 1.03. The smallest absolute Gasteiger partial charge is 0.237 e. The van der Waals surface area contributed by atoms with Crippen LogP contribution in [0.1, 0.15) is 39.0 Å². The molecule has 1 unspecified atom stereocenters. The van der Waals surface area contributed by atoms with Crippen molar-refractivity contribution in [2.45, 2.75) is 57.2 Å². The van der Waals surface area contributed by atoms with Gasteiger partial charge in [-0.05, 0) is 32.6 Å². The summed E-state index contributed by atoms with van der Waals surface area (Å²) in [4.78, 5) is 14.1. The maximum absolute atomic E-state index is 11.9. The fourth-order valence-corrected chi connectivity index (χ4v) is 1.98. The minimum atomic E-state index is -0.0820. The van der Waals surface area contributed by atoms with E-state index in [4.69, 9.17) is 5.26 Å². The molecule has 0 heterocycles. The topological polar surface area (TPSA) is 56.1 Å². The van der Waals surface area contributed by atoms with Gasteiger partial charge < -0.3 is 5.32 Å². The first kappa shape index (κ1) is 11.4. The first-order valence-electron chi connectivity index (χ1n) is 6.15. The van der Waals surface area contributed by atoms with Gasteiger partial charge in [0.1, 0.15) is 0 Å². The molecule has 1 amide bonds. The van der Waals surface area contributed by atoms with Crippen LogP contribution in [0.15, 0.2) is 0 Å². The molecule has 1 atom stereocenters. The molecule has 2 aliphatic rings. The average molecular weight is 221 g/mol. The second kappa shape index (κ2) is 4.84. The van der Waals surface area contributed by atoms with Crippen molar-refractivity contribution >= 4 is 5.91 Å². The minimum Gasteiger partial charge on any atom is -0.352 e. The quantitative estimate of drug-likeness (QED) is 0.729. The van der Waals surface area contributed by atoms with E-state index in [1.165, 1.54) is 12.8 Å². The van der Waals surface area contributed by atoms with Gasteiger partial charge in [-0.25, -0.2) is 0 Å². The van der Waals surface area contributed by atoms with Gasteiger partial charge in [-0.2, -0.15) is 5.26 Å². The minimum absolute atomic E-state index is 0.0820. The third-order valence-electron chi connectivity index (χ3n) is 3.30. The van der Waals surface area contributed by atoms with Crippen molar-refractivity contribution in [3.8, 4) is 6.07 Å². The maximum atomic E-state index is 11.9. The summed E-state index contributed by atoms with van der Waals surface area (Å²) in [5.41, 5.74) is 0. The lowest BCUT2D eigenvalue weighted by Gasteiger charge is -2.27. The Labute approximate surface area is 96.6 Å². The zero-order valence-corrected chi connectivity index (χ0v) is 9.78. The monoisotopic (exact) mass is 221 g/mol. The number of carbonyl (C=O) groups excluding carboxylic acids is 1. The number of nitrogens with zero attached hydrogens (tertiary/aromatic N) is 2. The van der Waals surface area contributed by atoms with Crippen molar-refractivity contribution < 1.29 is 4.79 Å². The Morgan fingerprint density at radius 1 is 1.50 bits per heavy atom. The Bertz CT molecular complexity index is 302. The molecule has 2 rings (SSSR count). The van der Waals surface area contributed by atoms with Crippen LogP contribution in [0.5, 0.6) is 0 Å². The fourth-order valence-electron chi connectivity index (χ4n) is 1.98. The van der Waals surface area contributed by atoms with Gasteiger partial charge in [-0.15, -0.1) is 0 Å². The normalized spacial score (nSPS) is 21.6. The summed E-state index contributed by atoms with van der Waals surface area (Å²) in [7, 11) is 0. The Balaban J connectivity index is 1.84. The van der Waals surface area contributed by atoms with Crippen LogP contribution in [0.25, 0.3) is 0 Å². The first-order chi connectivity index (χ1) is 7.72. The number of carbonyl (C=O) groups is 1. The van der Waals surface area contributed by atoms with Crippen molar-refractivity contribution in [3.63, 3.8) is 0 Å². The maximum Gasteiger partial charge on any atom is 0.237 e. The van der Waals surface area contributed by atoms with E-state index < -0.39 is 0 Å². The van der Waals surface area contributed by atoms with Crippen LogP contribution in [-0.4, -0.2) is 35.5 Å². The summed E-state index contributed by atoms with van der Waals surface area (Å²) < 4.78 is 0. The number of hydrogen-bond donors (Lipinski definition) is 1. The molecule has 0 spiro atoms. The molecule has 16 heavy (non-hydrogen) atoms. The Hall–Kier alpha value is -1.08. The number of rotatable bonds is 6. The van der Waals surface area contributed by atoms with Gasteiger partial charge in [-0.3, -0.25) is 9.69 Å². The van der Waals surface area contributed by atoms with Crippen LogP contribution in [-0.2, 0) is 4.79 Å². The zero-order chi connectivity index (χ0) is 11.5. The molecule has 2 aliphatic carbocycles. The summed E-state index contributed by atoms with van der Waals surface area (Å²) in [6.45, 7) is 2.67. The van der Waals surface area contributed by atoms with E-state index in [1.54, 1.807) is 0 Å². The lowest BCUT2D eigenvalue weighted by atomic mass is 10.2. The largest absolute Gasteiger partial charge is 0.352 e. The van der Waals surface area contributed by atoms with E-state index in [2.05, 4.69) is 16.3 Å². The molecular formula is C12H19N3O. The summed E-state index contributed by atoms with van der Waals surface area (Å²) in [6, 6.07) is 3.03. The van der Waals surface area contributed by atoms with Crippen LogP contribution in [0.4, 0.5) is 0 Å². The van der Waals surface area contributed by atoms with Crippen LogP contribution in [0, 0.1) is 11.3 Å². The Morgan fingerprint density at radius 3 is 2.69 bits per heavy atom. The van der Waals surface area contributed by atoms with Crippen molar-refractivity contribution in [2.75, 3.05) is 6.54 Å². The molecule has 0 aliphatic heterocycles. The molecule has 4 heteroatoms. The highest BCUT2D eigenvalue weighted by atomic mass is 16.2. The molecule has 0 aromatic heterocycles. The molecule has 88 valence electrons. The molecule has 2 saturated carbocycles. The highest BCUT2D eigenvalue weighted by Crippen LogP contribution is 2.29. The summed E-state index contributed by atoms with van der Waals surface area (Å²) in [6.07, 6.45) is 5.11. The Kier molecular flexibility index (Phi) is 3.45. The molecule has 0 bridgehead atoms. The van der Waals surface area contributed by atoms with Crippen LogP contribution >= 0.6 is 0 Å². The van der Waals surface area contributed by atoms with Crippen LogP contribution in [0.3, 0.4) is 0 Å². The number of hydrogen-bond acceptors (Lipinski definition) is 3. The van der Waals surface area contributed by atoms with E-state index in [1.807, 2.05) is 6.92 Å². The molecule has 2 fully saturated rings. The van der Waals surface area contributed by atoms with Gasteiger partial charge in [0.25, 0.3) is 0 Å². The summed E-state index contributed by atoms with van der Waals surface area (Å²) >= 11 is 0.